The zero-order valence-corrected chi connectivity index (χ0v) is 11.4. The van der Waals surface area contributed by atoms with Gasteiger partial charge in [0.05, 0.1) is 0 Å². The van der Waals surface area contributed by atoms with E-state index >= 15 is 0 Å². The van der Waals surface area contributed by atoms with E-state index in [0.717, 1.165) is 20.7 Å². The summed E-state index contributed by atoms with van der Waals surface area (Å²) in [5.41, 5.74) is 1.19. The molecule has 96 valence electrons. The van der Waals surface area contributed by atoms with Crippen molar-refractivity contribution in [3.63, 3.8) is 0 Å². The van der Waals surface area contributed by atoms with Gasteiger partial charge in [-0.15, -0.1) is 11.3 Å². The maximum atomic E-state index is 9.45. The number of benzene rings is 2. The average molecular weight is 270 g/mol. The van der Waals surface area contributed by atoms with E-state index in [1.165, 1.54) is 5.56 Å². The Morgan fingerprint density at radius 1 is 1.11 bits per heavy atom. The lowest BCUT2D eigenvalue weighted by molar-refractivity contribution is 0.309. The number of hydrogen-bond acceptors (Lipinski definition) is 3. The van der Waals surface area contributed by atoms with Crippen molar-refractivity contribution in [3.8, 4) is 11.5 Å². The van der Waals surface area contributed by atoms with E-state index in [4.69, 9.17) is 4.74 Å². The molecule has 0 aliphatic rings. The smallest absolute Gasteiger partial charge is 0.122 e. The van der Waals surface area contributed by atoms with Gasteiger partial charge in [0, 0.05) is 9.58 Å². The van der Waals surface area contributed by atoms with Crippen LogP contribution in [-0.2, 0) is 6.61 Å². The molecule has 1 aromatic heterocycles. The molecule has 0 saturated heterocycles. The Kier molecular flexibility index (Phi) is 3.13. The average Bonchev–Trinajstić information content (AvgIpc) is 2.78. The van der Waals surface area contributed by atoms with Crippen molar-refractivity contribution in [1.29, 1.82) is 0 Å². The predicted octanol–water partition coefficient (Wildman–Crippen LogP) is 4.49. The van der Waals surface area contributed by atoms with Crippen molar-refractivity contribution in [3.05, 3.63) is 59.0 Å². The first kappa shape index (κ1) is 12.1. The quantitative estimate of drug-likeness (QED) is 0.759. The van der Waals surface area contributed by atoms with Gasteiger partial charge in [0.2, 0.25) is 0 Å². The largest absolute Gasteiger partial charge is 0.508 e. The third-order valence-corrected chi connectivity index (χ3v) is 4.00. The fourth-order valence-corrected chi connectivity index (χ4v) is 3.02. The Bertz CT molecular complexity index is 716. The molecule has 0 spiro atoms. The van der Waals surface area contributed by atoms with E-state index in [9.17, 15) is 5.11 Å². The molecule has 2 aromatic carbocycles. The zero-order valence-electron chi connectivity index (χ0n) is 10.6. The minimum absolute atomic E-state index is 0.306. The van der Waals surface area contributed by atoms with E-state index in [1.54, 1.807) is 23.5 Å². The van der Waals surface area contributed by atoms with E-state index < -0.39 is 0 Å². The second-order valence-corrected chi connectivity index (χ2v) is 5.71. The summed E-state index contributed by atoms with van der Waals surface area (Å²) >= 11 is 1.65. The van der Waals surface area contributed by atoms with Crippen LogP contribution in [0.25, 0.3) is 10.1 Å². The van der Waals surface area contributed by atoms with E-state index in [2.05, 4.69) is 19.1 Å². The summed E-state index contributed by atoms with van der Waals surface area (Å²) in [6.07, 6.45) is 0. The van der Waals surface area contributed by atoms with Crippen LogP contribution in [0.4, 0.5) is 0 Å². The molecule has 3 rings (SSSR count). The Hall–Kier alpha value is -2.00. The van der Waals surface area contributed by atoms with Gasteiger partial charge < -0.3 is 9.84 Å². The minimum atomic E-state index is 0.306. The second-order valence-electron chi connectivity index (χ2n) is 4.54. The van der Waals surface area contributed by atoms with Gasteiger partial charge in [-0.3, -0.25) is 0 Å². The topological polar surface area (TPSA) is 29.5 Å². The SMILES string of the molecule is Cc1cccc(OCc2cc3ccc(O)cc3s2)c1. The monoisotopic (exact) mass is 270 g/mol. The first-order valence-electron chi connectivity index (χ1n) is 6.11. The lowest BCUT2D eigenvalue weighted by Gasteiger charge is -2.04. The lowest BCUT2D eigenvalue weighted by Crippen LogP contribution is -1.92. The highest BCUT2D eigenvalue weighted by molar-refractivity contribution is 7.19. The predicted molar refractivity (Wildman–Crippen MR) is 79.0 cm³/mol. The third kappa shape index (κ3) is 2.71. The Balaban J connectivity index is 1.78. The zero-order chi connectivity index (χ0) is 13.2. The van der Waals surface area contributed by atoms with Crippen LogP contribution < -0.4 is 4.74 Å². The number of aryl methyl sites for hydroxylation is 1. The Morgan fingerprint density at radius 3 is 2.84 bits per heavy atom. The minimum Gasteiger partial charge on any atom is -0.508 e. The fraction of sp³-hybridized carbons (Fsp3) is 0.125. The molecule has 3 aromatic rings. The summed E-state index contributed by atoms with van der Waals surface area (Å²) in [5.74, 6) is 1.20. The standard InChI is InChI=1S/C16H14O2S/c1-11-3-2-4-14(7-11)18-10-15-8-12-5-6-13(17)9-16(12)19-15/h2-9,17H,10H2,1H3. The second kappa shape index (κ2) is 4.94. The number of phenols is 1. The highest BCUT2D eigenvalue weighted by atomic mass is 32.1. The van der Waals surface area contributed by atoms with Crippen molar-refractivity contribution < 1.29 is 9.84 Å². The maximum Gasteiger partial charge on any atom is 0.122 e. The summed E-state index contributed by atoms with van der Waals surface area (Å²) in [5, 5.41) is 10.6. The summed E-state index contributed by atoms with van der Waals surface area (Å²) < 4.78 is 6.87. The molecule has 1 N–H and O–H groups in total. The van der Waals surface area contributed by atoms with Gasteiger partial charge in [-0.25, -0.2) is 0 Å². The molecule has 0 amide bonds. The van der Waals surface area contributed by atoms with Gasteiger partial charge in [-0.2, -0.15) is 0 Å². The van der Waals surface area contributed by atoms with E-state index in [0.29, 0.717) is 12.4 Å². The van der Waals surface area contributed by atoms with Crippen LogP contribution in [0.2, 0.25) is 0 Å². The number of fused-ring (bicyclic) bond motifs is 1. The number of rotatable bonds is 3. The first-order valence-corrected chi connectivity index (χ1v) is 6.93. The Morgan fingerprint density at radius 2 is 2.00 bits per heavy atom. The molecule has 19 heavy (non-hydrogen) atoms. The van der Waals surface area contributed by atoms with Crippen molar-refractivity contribution >= 4 is 21.4 Å². The molecule has 0 saturated carbocycles. The van der Waals surface area contributed by atoms with Crippen LogP contribution in [0.3, 0.4) is 0 Å². The Labute approximate surface area is 115 Å². The molecule has 1 heterocycles. The summed E-state index contributed by atoms with van der Waals surface area (Å²) in [7, 11) is 0. The van der Waals surface area contributed by atoms with Crippen molar-refractivity contribution in [2.75, 3.05) is 0 Å². The van der Waals surface area contributed by atoms with Crippen molar-refractivity contribution in [1.82, 2.24) is 0 Å². The molecule has 0 bridgehead atoms. The summed E-state index contributed by atoms with van der Waals surface area (Å²) in [4.78, 5) is 1.15. The molecule has 2 nitrogen and oxygen atoms in total. The molecule has 0 aliphatic carbocycles. The number of ether oxygens (including phenoxy) is 1. The first-order chi connectivity index (χ1) is 9.20. The van der Waals surface area contributed by atoms with Crippen molar-refractivity contribution in [2.24, 2.45) is 0 Å². The number of phenolic OH excluding ortho intramolecular Hbond substituents is 1. The van der Waals surface area contributed by atoms with Crippen LogP contribution >= 0.6 is 11.3 Å². The molecule has 0 fully saturated rings. The summed E-state index contributed by atoms with van der Waals surface area (Å²) in [6, 6.07) is 15.6. The third-order valence-electron chi connectivity index (χ3n) is 2.93. The van der Waals surface area contributed by atoms with E-state index in [1.807, 2.05) is 24.3 Å². The number of hydrogen-bond donors (Lipinski definition) is 1. The molecule has 0 unspecified atom stereocenters. The van der Waals surface area contributed by atoms with Crippen LogP contribution in [0.15, 0.2) is 48.5 Å². The highest BCUT2D eigenvalue weighted by Gasteiger charge is 2.03. The van der Waals surface area contributed by atoms with Gasteiger partial charge in [0.1, 0.15) is 18.1 Å². The normalized spacial score (nSPS) is 10.8. The molecule has 0 radical (unpaired) electrons. The van der Waals surface area contributed by atoms with Gasteiger partial charge >= 0.3 is 0 Å². The van der Waals surface area contributed by atoms with Crippen LogP contribution in [0.5, 0.6) is 11.5 Å². The van der Waals surface area contributed by atoms with Gasteiger partial charge in [0.15, 0.2) is 0 Å². The number of thiophene rings is 1. The molecular formula is C16H14O2S. The van der Waals surface area contributed by atoms with Crippen molar-refractivity contribution in [2.45, 2.75) is 13.5 Å². The molecule has 3 heteroatoms. The van der Waals surface area contributed by atoms with E-state index in [-0.39, 0.29) is 0 Å². The van der Waals surface area contributed by atoms with Crippen LogP contribution in [0.1, 0.15) is 10.4 Å². The molecule has 0 aliphatic heterocycles. The number of aromatic hydroxyl groups is 1. The van der Waals surface area contributed by atoms with Crippen LogP contribution in [-0.4, -0.2) is 5.11 Å². The fourth-order valence-electron chi connectivity index (χ4n) is 2.01. The lowest BCUT2D eigenvalue weighted by atomic mass is 10.2. The van der Waals surface area contributed by atoms with Crippen LogP contribution in [0, 0.1) is 6.92 Å². The molecular weight excluding hydrogens is 256 g/mol. The van der Waals surface area contributed by atoms with Gasteiger partial charge in [0.25, 0.3) is 0 Å². The van der Waals surface area contributed by atoms with Gasteiger partial charge in [-0.05, 0) is 54.3 Å². The van der Waals surface area contributed by atoms with Gasteiger partial charge in [-0.1, -0.05) is 12.1 Å². The summed E-state index contributed by atoms with van der Waals surface area (Å²) in [6.45, 7) is 2.61. The highest BCUT2D eigenvalue weighted by Crippen LogP contribution is 2.29. The molecule has 0 atom stereocenters. The maximum absolute atomic E-state index is 9.45.